The van der Waals surface area contributed by atoms with Crippen LogP contribution in [0.1, 0.15) is 15.9 Å². The van der Waals surface area contributed by atoms with Gasteiger partial charge < -0.3 is 23.8 Å². The molecule has 0 aliphatic carbocycles. The summed E-state index contributed by atoms with van der Waals surface area (Å²) >= 11 is 6.23. The van der Waals surface area contributed by atoms with Gasteiger partial charge in [-0.15, -0.1) is 0 Å². The summed E-state index contributed by atoms with van der Waals surface area (Å²) in [5, 5.41) is 0.439. The molecule has 0 saturated carbocycles. The number of halogens is 1. The molecule has 0 radical (unpaired) electrons. The van der Waals surface area contributed by atoms with E-state index in [9.17, 15) is 4.79 Å². The SMILES string of the molecule is O=C(OCc1cc(Cl)c2c(c1)OCCO2)c1cccnc1N1CCOCC1. The van der Waals surface area contributed by atoms with Gasteiger partial charge in [0.1, 0.15) is 31.2 Å². The van der Waals surface area contributed by atoms with Gasteiger partial charge in [0, 0.05) is 19.3 Å². The zero-order valence-corrected chi connectivity index (χ0v) is 15.4. The maximum absolute atomic E-state index is 12.6. The molecule has 7 nitrogen and oxygen atoms in total. The van der Waals surface area contributed by atoms with Crippen molar-refractivity contribution in [3.8, 4) is 11.5 Å². The maximum Gasteiger partial charge on any atom is 0.342 e. The van der Waals surface area contributed by atoms with Gasteiger partial charge in [-0.05, 0) is 29.8 Å². The quantitative estimate of drug-likeness (QED) is 0.743. The molecular weight excluding hydrogens is 372 g/mol. The molecule has 27 heavy (non-hydrogen) atoms. The molecule has 0 unspecified atom stereocenters. The number of aromatic nitrogens is 1. The minimum absolute atomic E-state index is 0.0760. The number of pyridine rings is 1. The van der Waals surface area contributed by atoms with Gasteiger partial charge in [0.05, 0.1) is 18.2 Å². The summed E-state index contributed by atoms with van der Waals surface area (Å²) in [5.74, 6) is 1.27. The molecule has 2 aliphatic rings. The van der Waals surface area contributed by atoms with E-state index >= 15 is 0 Å². The van der Waals surface area contributed by atoms with E-state index < -0.39 is 5.97 Å². The Hall–Kier alpha value is -2.51. The van der Waals surface area contributed by atoms with Gasteiger partial charge in [-0.1, -0.05) is 11.6 Å². The van der Waals surface area contributed by atoms with Crippen LogP contribution >= 0.6 is 11.6 Å². The fourth-order valence-corrected chi connectivity index (χ4v) is 3.35. The summed E-state index contributed by atoms with van der Waals surface area (Å²) in [7, 11) is 0. The fraction of sp³-hybridized carbons (Fsp3) is 0.368. The monoisotopic (exact) mass is 390 g/mol. The Morgan fingerprint density at radius 2 is 2.00 bits per heavy atom. The normalized spacial score (nSPS) is 16.1. The number of carbonyl (C=O) groups excluding carboxylic acids is 1. The molecule has 2 aliphatic heterocycles. The summed E-state index contributed by atoms with van der Waals surface area (Å²) in [6, 6.07) is 6.94. The average Bonchev–Trinajstić information content (AvgIpc) is 2.73. The molecule has 2 aromatic rings. The van der Waals surface area contributed by atoms with Crippen molar-refractivity contribution in [2.75, 3.05) is 44.4 Å². The second kappa shape index (κ2) is 8.02. The van der Waals surface area contributed by atoms with E-state index in [1.807, 2.05) is 4.90 Å². The van der Waals surface area contributed by atoms with Crippen LogP contribution in [0.2, 0.25) is 5.02 Å². The average molecular weight is 391 g/mol. The second-order valence-electron chi connectivity index (χ2n) is 6.15. The van der Waals surface area contributed by atoms with Crippen LogP contribution in [0.5, 0.6) is 11.5 Å². The predicted molar refractivity (Wildman–Crippen MR) is 98.8 cm³/mol. The number of morpholine rings is 1. The third kappa shape index (κ3) is 3.94. The van der Waals surface area contributed by atoms with E-state index in [0.717, 1.165) is 5.56 Å². The number of benzene rings is 1. The van der Waals surface area contributed by atoms with Gasteiger partial charge in [-0.25, -0.2) is 9.78 Å². The third-order valence-corrected chi connectivity index (χ3v) is 4.62. The zero-order valence-electron chi connectivity index (χ0n) is 14.7. The number of esters is 1. The molecule has 0 amide bonds. The lowest BCUT2D eigenvalue weighted by Gasteiger charge is -2.28. The minimum Gasteiger partial charge on any atom is -0.486 e. The van der Waals surface area contributed by atoms with Crippen molar-refractivity contribution in [3.63, 3.8) is 0 Å². The summed E-state index contributed by atoms with van der Waals surface area (Å²) < 4.78 is 21.9. The second-order valence-corrected chi connectivity index (χ2v) is 6.56. The van der Waals surface area contributed by atoms with E-state index in [0.29, 0.717) is 67.4 Å². The predicted octanol–water partition coefficient (Wildman–Crippen LogP) is 2.70. The fourth-order valence-electron chi connectivity index (χ4n) is 3.06. The van der Waals surface area contributed by atoms with E-state index in [4.69, 9.17) is 30.5 Å². The Morgan fingerprint density at radius 1 is 1.19 bits per heavy atom. The van der Waals surface area contributed by atoms with Crippen LogP contribution in [0.25, 0.3) is 0 Å². The van der Waals surface area contributed by atoms with Crippen LogP contribution in [-0.2, 0) is 16.1 Å². The van der Waals surface area contributed by atoms with Crippen LogP contribution in [0.3, 0.4) is 0 Å². The van der Waals surface area contributed by atoms with Crippen molar-refractivity contribution in [1.82, 2.24) is 4.98 Å². The highest BCUT2D eigenvalue weighted by molar-refractivity contribution is 6.32. The van der Waals surface area contributed by atoms with E-state index in [-0.39, 0.29) is 6.61 Å². The van der Waals surface area contributed by atoms with Gasteiger partial charge >= 0.3 is 5.97 Å². The zero-order chi connectivity index (χ0) is 18.6. The molecule has 3 heterocycles. The first-order valence-corrected chi connectivity index (χ1v) is 9.13. The summed E-state index contributed by atoms with van der Waals surface area (Å²) in [6.07, 6.45) is 1.67. The Balaban J connectivity index is 1.48. The highest BCUT2D eigenvalue weighted by Gasteiger charge is 2.22. The molecule has 1 fully saturated rings. The van der Waals surface area contributed by atoms with Crippen LogP contribution in [0.15, 0.2) is 30.5 Å². The number of rotatable bonds is 4. The summed E-state index contributed by atoms with van der Waals surface area (Å²) in [5.41, 5.74) is 1.16. The number of anilines is 1. The van der Waals surface area contributed by atoms with Crippen LogP contribution in [0, 0.1) is 0 Å². The van der Waals surface area contributed by atoms with Crippen molar-refractivity contribution in [2.24, 2.45) is 0 Å². The van der Waals surface area contributed by atoms with Gasteiger partial charge in [0.15, 0.2) is 11.5 Å². The smallest absolute Gasteiger partial charge is 0.342 e. The highest BCUT2D eigenvalue weighted by atomic mass is 35.5. The first kappa shape index (κ1) is 17.9. The highest BCUT2D eigenvalue weighted by Crippen LogP contribution is 2.38. The molecule has 1 saturated heterocycles. The van der Waals surface area contributed by atoms with Crippen LogP contribution in [-0.4, -0.2) is 50.5 Å². The lowest BCUT2D eigenvalue weighted by molar-refractivity contribution is 0.0471. The lowest BCUT2D eigenvalue weighted by Crippen LogP contribution is -2.37. The molecular formula is C19H19ClN2O5. The first-order valence-electron chi connectivity index (χ1n) is 8.75. The van der Waals surface area contributed by atoms with Gasteiger partial charge in [-0.3, -0.25) is 0 Å². The van der Waals surface area contributed by atoms with Gasteiger partial charge in [0.2, 0.25) is 0 Å². The lowest BCUT2D eigenvalue weighted by atomic mass is 10.2. The molecule has 1 aromatic carbocycles. The topological polar surface area (TPSA) is 70.1 Å². The largest absolute Gasteiger partial charge is 0.486 e. The number of nitrogens with zero attached hydrogens (tertiary/aromatic N) is 2. The molecule has 4 rings (SSSR count). The molecule has 8 heteroatoms. The standard InChI is InChI=1S/C19H19ClN2O5/c20-15-10-13(11-16-17(15)26-9-8-25-16)12-27-19(23)14-2-1-3-21-18(14)22-4-6-24-7-5-22/h1-3,10-11H,4-9,12H2. The van der Waals surface area contributed by atoms with Crippen molar-refractivity contribution in [1.29, 1.82) is 0 Å². The van der Waals surface area contributed by atoms with Gasteiger partial charge in [0.25, 0.3) is 0 Å². The van der Waals surface area contributed by atoms with Crippen molar-refractivity contribution in [2.45, 2.75) is 6.61 Å². The number of ether oxygens (including phenoxy) is 4. The first-order chi connectivity index (χ1) is 13.2. The summed E-state index contributed by atoms with van der Waals surface area (Å²) in [6.45, 7) is 3.61. The Kier molecular flexibility index (Phi) is 5.31. The van der Waals surface area contributed by atoms with E-state index in [1.165, 1.54) is 0 Å². The van der Waals surface area contributed by atoms with Gasteiger partial charge in [-0.2, -0.15) is 0 Å². The molecule has 1 aromatic heterocycles. The number of hydrogen-bond acceptors (Lipinski definition) is 7. The molecule has 0 bridgehead atoms. The number of hydrogen-bond donors (Lipinski definition) is 0. The number of fused-ring (bicyclic) bond motifs is 1. The Bertz CT molecular complexity index is 839. The van der Waals surface area contributed by atoms with Crippen LogP contribution < -0.4 is 14.4 Å². The van der Waals surface area contributed by atoms with Crippen molar-refractivity contribution in [3.05, 3.63) is 46.6 Å². The Morgan fingerprint density at radius 3 is 2.85 bits per heavy atom. The molecule has 0 atom stereocenters. The van der Waals surface area contributed by atoms with E-state index in [1.54, 1.807) is 30.5 Å². The maximum atomic E-state index is 12.6. The molecule has 0 spiro atoms. The minimum atomic E-state index is -0.435. The van der Waals surface area contributed by atoms with Crippen molar-refractivity contribution < 1.29 is 23.7 Å². The van der Waals surface area contributed by atoms with Crippen LogP contribution in [0.4, 0.5) is 5.82 Å². The number of carbonyl (C=O) groups is 1. The third-order valence-electron chi connectivity index (χ3n) is 4.34. The molecule has 0 N–H and O–H groups in total. The summed E-state index contributed by atoms with van der Waals surface area (Å²) in [4.78, 5) is 19.0. The Labute approximate surface area is 161 Å². The van der Waals surface area contributed by atoms with Crippen molar-refractivity contribution >= 4 is 23.4 Å². The molecule has 142 valence electrons. The van der Waals surface area contributed by atoms with E-state index in [2.05, 4.69) is 4.98 Å².